The highest BCUT2D eigenvalue weighted by atomic mass is 16.5. The highest BCUT2D eigenvalue weighted by Crippen LogP contribution is 2.47. The van der Waals surface area contributed by atoms with E-state index in [1.54, 1.807) is 25.1 Å². The van der Waals surface area contributed by atoms with Gasteiger partial charge >= 0.3 is 5.97 Å². The van der Waals surface area contributed by atoms with E-state index < -0.39 is 5.41 Å². The molecule has 0 aromatic heterocycles. The molecule has 2 N–H and O–H groups in total. The zero-order chi connectivity index (χ0) is 27.0. The van der Waals surface area contributed by atoms with Crippen LogP contribution in [0.1, 0.15) is 59.2 Å². The van der Waals surface area contributed by atoms with E-state index in [-0.39, 0.29) is 30.3 Å². The van der Waals surface area contributed by atoms with Crippen molar-refractivity contribution >= 4 is 17.8 Å². The summed E-state index contributed by atoms with van der Waals surface area (Å²) < 4.78 is 10.8. The van der Waals surface area contributed by atoms with Crippen molar-refractivity contribution in [1.29, 1.82) is 0 Å². The Labute approximate surface area is 223 Å². The number of rotatable bonds is 10. The molecule has 1 aliphatic rings. The van der Waals surface area contributed by atoms with E-state index in [1.807, 2.05) is 60.7 Å². The summed E-state index contributed by atoms with van der Waals surface area (Å²) in [6.07, 6.45) is 1.57. The van der Waals surface area contributed by atoms with Crippen LogP contribution in [0, 0.1) is 0 Å². The second-order valence-corrected chi connectivity index (χ2v) is 9.27. The molecule has 0 heterocycles. The van der Waals surface area contributed by atoms with Gasteiger partial charge in [0.15, 0.2) is 0 Å². The van der Waals surface area contributed by atoms with Crippen LogP contribution in [0.2, 0.25) is 0 Å². The average molecular weight is 515 g/mol. The standard InChI is InChI=1S/C31H34N2O5/c1-3-38-30(36)31(22-12-5-4-6-13-22)19-18-24(23-14-7-9-16-26(23)31)28(34)32-20-11-21-33-29(35)25-15-8-10-17-27(25)37-2/h4-10,12-17,24H,3,11,18-21H2,1-2H3,(H,32,34)(H,33,35)/t24-,31?/m1/s1. The number of esters is 1. The fourth-order valence-corrected chi connectivity index (χ4v) is 5.27. The topological polar surface area (TPSA) is 93.7 Å². The second kappa shape index (κ2) is 12.4. The number of para-hydroxylation sites is 1. The van der Waals surface area contributed by atoms with Crippen molar-refractivity contribution in [1.82, 2.24) is 10.6 Å². The Kier molecular flexibility index (Phi) is 8.79. The normalized spacial score (nSPS) is 18.1. The first-order valence-corrected chi connectivity index (χ1v) is 13.0. The summed E-state index contributed by atoms with van der Waals surface area (Å²) >= 11 is 0. The molecule has 0 saturated heterocycles. The second-order valence-electron chi connectivity index (χ2n) is 9.27. The van der Waals surface area contributed by atoms with Crippen molar-refractivity contribution in [3.63, 3.8) is 0 Å². The predicted octanol–water partition coefficient (Wildman–Crippen LogP) is 4.36. The maximum Gasteiger partial charge on any atom is 0.321 e. The number of amides is 2. The highest BCUT2D eigenvalue weighted by molar-refractivity contribution is 5.97. The minimum atomic E-state index is -0.951. The molecule has 7 nitrogen and oxygen atoms in total. The lowest BCUT2D eigenvalue weighted by molar-refractivity contribution is -0.149. The summed E-state index contributed by atoms with van der Waals surface area (Å²) in [5, 5.41) is 5.89. The third kappa shape index (κ3) is 5.42. The summed E-state index contributed by atoms with van der Waals surface area (Å²) in [4.78, 5) is 39.2. The van der Waals surface area contributed by atoms with Gasteiger partial charge in [0.25, 0.3) is 5.91 Å². The lowest BCUT2D eigenvalue weighted by Crippen LogP contribution is -2.45. The number of benzene rings is 3. The van der Waals surface area contributed by atoms with E-state index in [2.05, 4.69) is 10.6 Å². The monoisotopic (exact) mass is 514 g/mol. The first-order chi connectivity index (χ1) is 18.5. The molecular weight excluding hydrogens is 480 g/mol. The van der Waals surface area contributed by atoms with E-state index in [4.69, 9.17) is 9.47 Å². The van der Waals surface area contributed by atoms with Crippen LogP contribution in [0.15, 0.2) is 78.9 Å². The van der Waals surface area contributed by atoms with Crippen LogP contribution in [0.5, 0.6) is 5.75 Å². The molecule has 7 heteroatoms. The number of carbonyl (C=O) groups excluding carboxylic acids is 3. The third-order valence-electron chi connectivity index (χ3n) is 7.10. The summed E-state index contributed by atoms with van der Waals surface area (Å²) in [5.74, 6) is -0.446. The van der Waals surface area contributed by atoms with Crippen LogP contribution < -0.4 is 15.4 Å². The minimum Gasteiger partial charge on any atom is -0.496 e. The Balaban J connectivity index is 1.43. The Bertz CT molecular complexity index is 1280. The highest BCUT2D eigenvalue weighted by Gasteiger charge is 2.49. The predicted molar refractivity (Wildman–Crippen MR) is 145 cm³/mol. The molecule has 3 aromatic carbocycles. The van der Waals surface area contributed by atoms with E-state index in [1.165, 1.54) is 7.11 Å². The molecule has 2 atom stereocenters. The van der Waals surface area contributed by atoms with Crippen LogP contribution in [0.4, 0.5) is 0 Å². The van der Waals surface area contributed by atoms with E-state index >= 15 is 0 Å². The number of nitrogens with one attached hydrogen (secondary N) is 2. The van der Waals surface area contributed by atoms with Crippen LogP contribution >= 0.6 is 0 Å². The maximum absolute atomic E-state index is 13.4. The lowest BCUT2D eigenvalue weighted by Gasteiger charge is -2.40. The molecule has 0 radical (unpaired) electrons. The average Bonchev–Trinajstić information content (AvgIpc) is 2.96. The molecule has 1 unspecified atom stereocenters. The summed E-state index contributed by atoms with van der Waals surface area (Å²) in [6.45, 7) is 2.93. The van der Waals surface area contributed by atoms with Gasteiger partial charge in [-0.15, -0.1) is 0 Å². The van der Waals surface area contributed by atoms with Crippen LogP contribution in [0.3, 0.4) is 0 Å². The lowest BCUT2D eigenvalue weighted by atomic mass is 9.63. The molecule has 1 aliphatic carbocycles. The number of carbonyl (C=O) groups is 3. The summed E-state index contributed by atoms with van der Waals surface area (Å²) in [5.41, 5.74) is 2.06. The Morgan fingerprint density at radius 3 is 2.34 bits per heavy atom. The smallest absolute Gasteiger partial charge is 0.321 e. The van der Waals surface area contributed by atoms with Crippen LogP contribution in [-0.2, 0) is 19.7 Å². The maximum atomic E-state index is 13.4. The number of fused-ring (bicyclic) bond motifs is 1. The minimum absolute atomic E-state index is 0.0842. The van der Waals surface area contributed by atoms with Gasteiger partial charge in [-0.3, -0.25) is 14.4 Å². The Morgan fingerprint density at radius 1 is 0.895 bits per heavy atom. The van der Waals surface area contributed by atoms with Gasteiger partial charge in [0.2, 0.25) is 5.91 Å². The van der Waals surface area contributed by atoms with Crippen LogP contribution in [0.25, 0.3) is 0 Å². The molecule has 0 spiro atoms. The van der Waals surface area contributed by atoms with Crippen LogP contribution in [-0.4, -0.2) is 44.6 Å². The molecule has 4 rings (SSSR count). The number of hydrogen-bond donors (Lipinski definition) is 2. The fraction of sp³-hybridized carbons (Fsp3) is 0.323. The fourth-order valence-electron chi connectivity index (χ4n) is 5.27. The molecule has 0 saturated carbocycles. The van der Waals surface area contributed by atoms with Gasteiger partial charge in [0.1, 0.15) is 11.2 Å². The van der Waals surface area contributed by atoms with E-state index in [0.717, 1.165) is 16.7 Å². The third-order valence-corrected chi connectivity index (χ3v) is 7.10. The molecule has 3 aromatic rings. The quantitative estimate of drug-likeness (QED) is 0.310. The van der Waals surface area contributed by atoms with Gasteiger partial charge in [-0.1, -0.05) is 66.7 Å². The van der Waals surface area contributed by atoms with E-state index in [0.29, 0.717) is 43.7 Å². The van der Waals surface area contributed by atoms with Gasteiger partial charge in [0.05, 0.1) is 25.2 Å². The zero-order valence-corrected chi connectivity index (χ0v) is 21.9. The van der Waals surface area contributed by atoms with Crippen molar-refractivity contribution in [3.8, 4) is 5.75 Å². The summed E-state index contributed by atoms with van der Waals surface area (Å²) in [7, 11) is 1.53. The van der Waals surface area contributed by atoms with Gasteiger partial charge in [0, 0.05) is 13.1 Å². The SMILES string of the molecule is CCOC(=O)C1(c2ccccc2)CC[C@@H](C(=O)NCCCNC(=O)c2ccccc2OC)c2ccccc21. The van der Waals surface area contributed by atoms with Gasteiger partial charge in [-0.2, -0.15) is 0 Å². The van der Waals surface area contributed by atoms with Gasteiger partial charge in [-0.05, 0) is 55.0 Å². The molecule has 2 amide bonds. The van der Waals surface area contributed by atoms with Crippen molar-refractivity contribution in [3.05, 3.63) is 101 Å². The molecule has 38 heavy (non-hydrogen) atoms. The Hall–Kier alpha value is -4.13. The number of ether oxygens (including phenoxy) is 2. The van der Waals surface area contributed by atoms with Crippen molar-refractivity contribution in [2.45, 2.75) is 37.5 Å². The molecule has 0 bridgehead atoms. The number of methoxy groups -OCH3 is 1. The van der Waals surface area contributed by atoms with Gasteiger partial charge in [-0.25, -0.2) is 0 Å². The van der Waals surface area contributed by atoms with Gasteiger partial charge < -0.3 is 20.1 Å². The molecule has 198 valence electrons. The molecule has 0 fully saturated rings. The van der Waals surface area contributed by atoms with Crippen molar-refractivity contribution < 1.29 is 23.9 Å². The first-order valence-electron chi connectivity index (χ1n) is 13.0. The number of hydrogen-bond acceptors (Lipinski definition) is 5. The Morgan fingerprint density at radius 2 is 1.58 bits per heavy atom. The largest absolute Gasteiger partial charge is 0.496 e. The molecule has 0 aliphatic heterocycles. The van der Waals surface area contributed by atoms with Crippen molar-refractivity contribution in [2.75, 3.05) is 26.8 Å². The van der Waals surface area contributed by atoms with E-state index in [9.17, 15) is 14.4 Å². The molecular formula is C31H34N2O5. The zero-order valence-electron chi connectivity index (χ0n) is 21.9. The van der Waals surface area contributed by atoms with Crippen molar-refractivity contribution in [2.24, 2.45) is 0 Å². The first kappa shape index (κ1) is 26.9. The summed E-state index contributed by atoms with van der Waals surface area (Å²) in [6, 6.07) is 24.4.